The fourth-order valence-corrected chi connectivity index (χ4v) is 3.38. The molecular weight excluding hydrogens is 403 g/mol. The van der Waals surface area contributed by atoms with Crippen molar-refractivity contribution < 1.29 is 31.6 Å². The van der Waals surface area contributed by atoms with Crippen molar-refractivity contribution in [3.8, 4) is 5.69 Å². The molecule has 0 atom stereocenters. The maximum Gasteiger partial charge on any atom is 0.374 e. The molecule has 0 saturated carbocycles. The molecule has 152 valence electrons. The number of benzene rings is 1. The van der Waals surface area contributed by atoms with Crippen LogP contribution in [0.4, 0.5) is 4.39 Å². The molecule has 2 N–H and O–H groups in total. The molecule has 29 heavy (non-hydrogen) atoms. The van der Waals surface area contributed by atoms with Gasteiger partial charge in [0.15, 0.2) is 6.61 Å². The number of esters is 1. The summed E-state index contributed by atoms with van der Waals surface area (Å²) < 4.78 is 47.3. The summed E-state index contributed by atoms with van der Waals surface area (Å²) in [6, 6.07) is 9.64. The van der Waals surface area contributed by atoms with Crippen molar-refractivity contribution >= 4 is 21.8 Å². The number of primary sulfonamides is 1. The number of hydrogen-bond donors (Lipinski definition) is 1. The molecule has 0 aliphatic carbocycles. The van der Waals surface area contributed by atoms with Gasteiger partial charge in [-0.15, -0.1) is 0 Å². The zero-order valence-electron chi connectivity index (χ0n) is 15.5. The van der Waals surface area contributed by atoms with Crippen LogP contribution in [0.25, 0.3) is 5.69 Å². The monoisotopic (exact) mass is 420 g/mol. The second kappa shape index (κ2) is 7.64. The highest BCUT2D eigenvalue weighted by Crippen LogP contribution is 2.22. The third-order valence-electron chi connectivity index (χ3n) is 4.20. The number of furan rings is 1. The molecule has 10 heteroatoms. The summed E-state index contributed by atoms with van der Waals surface area (Å²) in [5.41, 5.74) is 2.13. The Morgan fingerprint density at radius 1 is 1.17 bits per heavy atom. The number of aryl methyl sites for hydroxylation is 1. The molecule has 2 aromatic heterocycles. The Kier molecular flexibility index (Phi) is 5.40. The largest absolute Gasteiger partial charge is 0.451 e. The molecule has 0 bridgehead atoms. The van der Waals surface area contributed by atoms with E-state index in [4.69, 9.17) is 14.3 Å². The number of aromatic nitrogens is 1. The van der Waals surface area contributed by atoms with Crippen LogP contribution in [0.5, 0.6) is 0 Å². The summed E-state index contributed by atoms with van der Waals surface area (Å²) in [4.78, 5) is 24.5. The van der Waals surface area contributed by atoms with Crippen molar-refractivity contribution in [2.45, 2.75) is 18.9 Å². The van der Waals surface area contributed by atoms with Gasteiger partial charge in [-0.3, -0.25) is 4.79 Å². The topological polar surface area (TPSA) is 122 Å². The van der Waals surface area contributed by atoms with Crippen LogP contribution in [0.1, 0.15) is 32.3 Å². The van der Waals surface area contributed by atoms with Crippen molar-refractivity contribution in [3.63, 3.8) is 0 Å². The van der Waals surface area contributed by atoms with E-state index >= 15 is 0 Å². The Bertz CT molecular complexity index is 1210. The summed E-state index contributed by atoms with van der Waals surface area (Å²) in [6.07, 6.45) is 0. The number of hydrogen-bond acceptors (Lipinski definition) is 6. The maximum absolute atomic E-state index is 13.5. The second-order valence-corrected chi connectivity index (χ2v) is 7.76. The highest BCUT2D eigenvalue weighted by molar-refractivity contribution is 7.89. The van der Waals surface area contributed by atoms with Crippen molar-refractivity contribution in [3.05, 3.63) is 71.0 Å². The quantitative estimate of drug-likeness (QED) is 0.483. The number of ether oxygens (including phenoxy) is 1. The minimum absolute atomic E-state index is 0.309. The van der Waals surface area contributed by atoms with Crippen LogP contribution >= 0.6 is 0 Å². The molecule has 1 aromatic carbocycles. The van der Waals surface area contributed by atoms with Gasteiger partial charge >= 0.3 is 5.97 Å². The third kappa shape index (κ3) is 4.28. The van der Waals surface area contributed by atoms with E-state index in [1.54, 1.807) is 36.6 Å². The van der Waals surface area contributed by atoms with Crippen LogP contribution in [0, 0.1) is 19.7 Å². The van der Waals surface area contributed by atoms with Gasteiger partial charge in [-0.1, -0.05) is 6.07 Å². The highest BCUT2D eigenvalue weighted by Gasteiger charge is 2.21. The summed E-state index contributed by atoms with van der Waals surface area (Å²) in [6.45, 7) is 2.87. The number of ketones is 1. The molecule has 0 fully saturated rings. The number of carbonyl (C=O) groups is 2. The molecular formula is C19H17FN2O6S. The number of nitrogens with zero attached hydrogens (tertiary/aromatic N) is 1. The first-order valence-electron chi connectivity index (χ1n) is 8.36. The SMILES string of the molecule is Cc1cc(C(=O)COC(=O)c2ccc(S(N)(=O)=O)o2)c(C)n1-c1cccc(F)c1. The van der Waals surface area contributed by atoms with E-state index in [2.05, 4.69) is 0 Å². The summed E-state index contributed by atoms with van der Waals surface area (Å²) in [5.74, 6) is -2.29. The third-order valence-corrected chi connectivity index (χ3v) is 4.98. The fourth-order valence-electron chi connectivity index (χ4n) is 2.92. The molecule has 0 aliphatic rings. The molecule has 0 spiro atoms. The van der Waals surface area contributed by atoms with Crippen LogP contribution in [0.3, 0.4) is 0 Å². The molecule has 0 radical (unpaired) electrons. The van der Waals surface area contributed by atoms with Crippen LogP contribution < -0.4 is 5.14 Å². The fraction of sp³-hybridized carbons (Fsp3) is 0.158. The van der Waals surface area contributed by atoms with Gasteiger partial charge in [0.2, 0.25) is 16.6 Å². The average Bonchev–Trinajstić information content (AvgIpc) is 3.24. The van der Waals surface area contributed by atoms with Crippen molar-refractivity contribution in [1.29, 1.82) is 0 Å². The van der Waals surface area contributed by atoms with Gasteiger partial charge in [0.1, 0.15) is 5.82 Å². The number of Topliss-reactive ketones (excluding diaryl/α,β-unsaturated/α-hetero) is 1. The molecule has 3 aromatic rings. The number of halogens is 1. The first-order chi connectivity index (χ1) is 13.6. The Morgan fingerprint density at radius 2 is 1.90 bits per heavy atom. The molecule has 0 unspecified atom stereocenters. The van der Waals surface area contributed by atoms with Gasteiger partial charge in [0, 0.05) is 22.6 Å². The summed E-state index contributed by atoms with van der Waals surface area (Å²) in [5, 5.41) is 4.32. The number of sulfonamides is 1. The lowest BCUT2D eigenvalue weighted by atomic mass is 10.1. The Morgan fingerprint density at radius 3 is 2.52 bits per heavy atom. The van der Waals surface area contributed by atoms with Crippen LogP contribution in [-0.2, 0) is 14.8 Å². The van der Waals surface area contributed by atoms with Gasteiger partial charge < -0.3 is 13.7 Å². The van der Waals surface area contributed by atoms with E-state index in [-0.39, 0.29) is 0 Å². The van der Waals surface area contributed by atoms with E-state index < -0.39 is 45.1 Å². The van der Waals surface area contributed by atoms with Crippen molar-refractivity contribution in [2.24, 2.45) is 5.14 Å². The maximum atomic E-state index is 13.5. The van der Waals surface area contributed by atoms with Crippen molar-refractivity contribution in [1.82, 2.24) is 4.57 Å². The number of rotatable bonds is 6. The average molecular weight is 420 g/mol. The van der Waals surface area contributed by atoms with Crippen LogP contribution in [-0.4, -0.2) is 31.3 Å². The second-order valence-electron chi connectivity index (χ2n) is 6.26. The zero-order valence-corrected chi connectivity index (χ0v) is 16.3. The predicted octanol–water partition coefficient (Wildman–Crippen LogP) is 2.51. The van der Waals surface area contributed by atoms with E-state index in [0.717, 1.165) is 12.1 Å². The molecule has 8 nitrogen and oxygen atoms in total. The molecule has 0 saturated heterocycles. The first-order valence-corrected chi connectivity index (χ1v) is 9.90. The molecule has 3 rings (SSSR count). The zero-order chi connectivity index (χ0) is 21.3. The van der Waals surface area contributed by atoms with E-state index in [0.29, 0.717) is 22.6 Å². The van der Waals surface area contributed by atoms with Gasteiger partial charge in [-0.2, -0.15) is 0 Å². The Balaban J connectivity index is 1.76. The molecule has 0 amide bonds. The highest BCUT2D eigenvalue weighted by atomic mass is 32.2. The van der Waals surface area contributed by atoms with Gasteiger partial charge in [-0.05, 0) is 50.2 Å². The Labute approximate surface area is 165 Å². The minimum atomic E-state index is -4.10. The van der Waals surface area contributed by atoms with Gasteiger partial charge in [-0.25, -0.2) is 22.7 Å². The summed E-state index contributed by atoms with van der Waals surface area (Å²) >= 11 is 0. The van der Waals surface area contributed by atoms with Crippen LogP contribution in [0.2, 0.25) is 0 Å². The molecule has 0 aliphatic heterocycles. The number of carbonyl (C=O) groups excluding carboxylic acids is 2. The normalized spacial score (nSPS) is 11.4. The van der Waals surface area contributed by atoms with Crippen molar-refractivity contribution in [2.75, 3.05) is 6.61 Å². The lowest BCUT2D eigenvalue weighted by molar-refractivity contribution is 0.0438. The van der Waals surface area contributed by atoms with E-state index in [9.17, 15) is 22.4 Å². The predicted molar refractivity (Wildman–Crippen MR) is 99.9 cm³/mol. The lowest BCUT2D eigenvalue weighted by Gasteiger charge is -2.10. The smallest absolute Gasteiger partial charge is 0.374 e. The van der Waals surface area contributed by atoms with Gasteiger partial charge in [0.25, 0.3) is 10.0 Å². The van der Waals surface area contributed by atoms with Gasteiger partial charge in [0.05, 0.1) is 0 Å². The number of nitrogens with two attached hydrogens (primary N) is 1. The summed E-state index contributed by atoms with van der Waals surface area (Å²) in [7, 11) is -4.10. The Hall–Kier alpha value is -3.24. The first kappa shape index (κ1) is 20.5. The minimum Gasteiger partial charge on any atom is -0.451 e. The van der Waals surface area contributed by atoms with Crippen LogP contribution in [0.15, 0.2) is 52.0 Å². The molecule has 2 heterocycles. The lowest BCUT2D eigenvalue weighted by Crippen LogP contribution is -2.15. The standard InChI is InChI=1S/C19H17FN2O6S/c1-11-8-15(12(2)22(11)14-5-3-4-13(20)9-14)16(23)10-27-19(24)17-6-7-18(28-17)29(21,25)26/h3-9H,10H2,1-2H3,(H2,21,25,26). The van der Waals surface area contributed by atoms with E-state index in [1.807, 2.05) is 0 Å². The van der Waals surface area contributed by atoms with E-state index in [1.165, 1.54) is 12.1 Å².